The summed E-state index contributed by atoms with van der Waals surface area (Å²) in [6.45, 7) is 0. The van der Waals surface area contributed by atoms with Crippen molar-refractivity contribution in [1.82, 2.24) is 4.98 Å². The van der Waals surface area contributed by atoms with Gasteiger partial charge in [-0.15, -0.1) is 0 Å². The molecule has 0 spiro atoms. The molecule has 100 valence electrons. The van der Waals surface area contributed by atoms with Gasteiger partial charge in [0.2, 0.25) is 5.76 Å². The van der Waals surface area contributed by atoms with E-state index in [0.717, 1.165) is 6.07 Å². The lowest BCUT2D eigenvalue weighted by atomic mass is 10.1. The second-order valence-corrected chi connectivity index (χ2v) is 3.55. The number of hydrogen-bond acceptors (Lipinski definition) is 4. The fourth-order valence-electron chi connectivity index (χ4n) is 1.44. The summed E-state index contributed by atoms with van der Waals surface area (Å²) >= 11 is 0. The van der Waals surface area contributed by atoms with E-state index in [4.69, 9.17) is 5.11 Å². The van der Waals surface area contributed by atoms with Gasteiger partial charge in [-0.3, -0.25) is 0 Å². The van der Waals surface area contributed by atoms with Crippen LogP contribution in [0.3, 0.4) is 0 Å². The topological polar surface area (TPSA) is 83.6 Å². The number of carbonyl (C=O) groups is 1. The Kier molecular flexibility index (Phi) is 2.93. The van der Waals surface area contributed by atoms with Gasteiger partial charge in [0, 0.05) is 5.56 Å². The number of nitrogens with zero attached hydrogens (tertiary/aromatic N) is 1. The summed E-state index contributed by atoms with van der Waals surface area (Å²) in [6.07, 6.45) is -4.89. The van der Waals surface area contributed by atoms with E-state index in [1.54, 1.807) is 0 Å². The molecule has 1 aromatic heterocycles. The van der Waals surface area contributed by atoms with Crippen molar-refractivity contribution in [3.05, 3.63) is 35.9 Å². The van der Waals surface area contributed by atoms with Crippen molar-refractivity contribution in [1.29, 1.82) is 0 Å². The highest BCUT2D eigenvalue weighted by Crippen LogP contribution is 2.34. The van der Waals surface area contributed by atoms with Crippen LogP contribution < -0.4 is 0 Å². The first-order chi connectivity index (χ1) is 8.79. The van der Waals surface area contributed by atoms with Crippen LogP contribution in [0, 0.1) is 0 Å². The lowest BCUT2D eigenvalue weighted by Gasteiger charge is -1.98. The van der Waals surface area contributed by atoms with E-state index in [1.165, 1.54) is 18.2 Å². The van der Waals surface area contributed by atoms with Crippen LogP contribution in [0.4, 0.5) is 13.2 Å². The minimum atomic E-state index is -4.89. The number of aromatic carboxylic acids is 1. The van der Waals surface area contributed by atoms with Crippen molar-refractivity contribution in [2.24, 2.45) is 0 Å². The fraction of sp³-hybridized carbons (Fsp3) is 0.0909. The summed E-state index contributed by atoms with van der Waals surface area (Å²) in [6, 6.07) is 5.03. The van der Waals surface area contributed by atoms with Crippen LogP contribution in [0.15, 0.2) is 28.7 Å². The van der Waals surface area contributed by atoms with Crippen molar-refractivity contribution in [3.8, 4) is 17.0 Å². The smallest absolute Gasteiger partial charge is 0.468 e. The number of hydrogen-bond donors (Lipinski definition) is 2. The molecule has 0 fully saturated rings. The maximum atomic E-state index is 12.4. The first-order valence-corrected chi connectivity index (χ1v) is 4.90. The molecule has 19 heavy (non-hydrogen) atoms. The number of rotatable bonds is 2. The number of phenols is 1. The molecular weight excluding hydrogens is 267 g/mol. The number of carboxylic acids is 1. The Bertz CT molecular complexity index is 633. The highest BCUT2D eigenvalue weighted by Gasteiger charge is 2.39. The third kappa shape index (κ3) is 2.51. The highest BCUT2D eigenvalue weighted by molar-refractivity contribution is 5.91. The standard InChI is InChI=1S/C11H6F3NO4/c12-11(13,14)10-15-7(8(19-10)9(17)18)5-2-1-3-6(16)4-5/h1-4,16H,(H,17,18). The third-order valence-corrected chi connectivity index (χ3v) is 2.18. The molecule has 0 aliphatic carbocycles. The first kappa shape index (κ1) is 12.9. The Morgan fingerprint density at radius 3 is 2.53 bits per heavy atom. The quantitative estimate of drug-likeness (QED) is 0.878. The molecule has 2 aromatic rings. The van der Waals surface area contributed by atoms with E-state index in [0.29, 0.717) is 0 Å². The average Bonchev–Trinajstić information content (AvgIpc) is 2.73. The molecule has 1 aromatic carbocycles. The number of aromatic hydroxyl groups is 1. The minimum absolute atomic E-state index is 0.0108. The van der Waals surface area contributed by atoms with Crippen LogP contribution in [-0.2, 0) is 6.18 Å². The maximum absolute atomic E-state index is 12.4. The molecule has 8 heteroatoms. The van der Waals surface area contributed by atoms with Gasteiger partial charge in [0.15, 0.2) is 0 Å². The van der Waals surface area contributed by atoms with Crippen molar-refractivity contribution in [2.45, 2.75) is 6.18 Å². The molecule has 0 amide bonds. The summed E-state index contributed by atoms with van der Waals surface area (Å²) in [5, 5.41) is 18.1. The van der Waals surface area contributed by atoms with Crippen molar-refractivity contribution >= 4 is 5.97 Å². The zero-order valence-electron chi connectivity index (χ0n) is 9.10. The van der Waals surface area contributed by atoms with Crippen LogP contribution >= 0.6 is 0 Å². The van der Waals surface area contributed by atoms with Crippen LogP contribution in [0.5, 0.6) is 5.75 Å². The summed E-state index contributed by atoms with van der Waals surface area (Å²) in [5.41, 5.74) is -0.479. The van der Waals surface area contributed by atoms with Gasteiger partial charge in [0.1, 0.15) is 11.4 Å². The summed E-state index contributed by atoms with van der Waals surface area (Å²) in [5.74, 6) is -4.49. The predicted molar refractivity (Wildman–Crippen MR) is 55.6 cm³/mol. The Labute approximate surface area is 103 Å². The molecule has 0 atom stereocenters. The molecule has 0 saturated heterocycles. The fourth-order valence-corrected chi connectivity index (χ4v) is 1.44. The number of phenolic OH excluding ortho intramolecular Hbond substituents is 1. The van der Waals surface area contributed by atoms with Crippen LogP contribution in [0.2, 0.25) is 0 Å². The van der Waals surface area contributed by atoms with Gasteiger partial charge in [0.05, 0.1) is 0 Å². The summed E-state index contributed by atoms with van der Waals surface area (Å²) in [4.78, 5) is 14.0. The zero-order valence-corrected chi connectivity index (χ0v) is 9.10. The molecule has 5 nitrogen and oxygen atoms in total. The molecular formula is C11H6F3NO4. The van der Waals surface area contributed by atoms with Gasteiger partial charge < -0.3 is 14.6 Å². The highest BCUT2D eigenvalue weighted by atomic mass is 19.4. The van der Waals surface area contributed by atoms with Gasteiger partial charge in [-0.2, -0.15) is 13.2 Å². The molecule has 0 aliphatic rings. The third-order valence-electron chi connectivity index (χ3n) is 2.18. The Morgan fingerprint density at radius 1 is 1.32 bits per heavy atom. The first-order valence-electron chi connectivity index (χ1n) is 4.90. The monoisotopic (exact) mass is 273 g/mol. The number of halogens is 3. The minimum Gasteiger partial charge on any atom is -0.508 e. The molecule has 0 aliphatic heterocycles. The van der Waals surface area contributed by atoms with Gasteiger partial charge in [-0.05, 0) is 12.1 Å². The number of alkyl halides is 3. The van der Waals surface area contributed by atoms with E-state index in [2.05, 4.69) is 9.40 Å². The summed E-state index contributed by atoms with van der Waals surface area (Å²) < 4.78 is 41.5. The zero-order chi connectivity index (χ0) is 14.2. The van der Waals surface area contributed by atoms with Gasteiger partial charge in [0.25, 0.3) is 0 Å². The number of benzene rings is 1. The van der Waals surface area contributed by atoms with Crippen LogP contribution in [0.25, 0.3) is 11.3 Å². The lowest BCUT2D eigenvalue weighted by Crippen LogP contribution is -2.04. The van der Waals surface area contributed by atoms with E-state index in [-0.39, 0.29) is 11.3 Å². The predicted octanol–water partition coefficient (Wildman–Crippen LogP) is 2.76. The van der Waals surface area contributed by atoms with E-state index >= 15 is 0 Å². The molecule has 2 N–H and O–H groups in total. The van der Waals surface area contributed by atoms with Crippen molar-refractivity contribution < 1.29 is 32.6 Å². The van der Waals surface area contributed by atoms with E-state index in [1.807, 2.05) is 0 Å². The van der Waals surface area contributed by atoms with Gasteiger partial charge >= 0.3 is 18.0 Å². The molecule has 0 radical (unpaired) electrons. The van der Waals surface area contributed by atoms with Crippen molar-refractivity contribution in [3.63, 3.8) is 0 Å². The Balaban J connectivity index is 2.62. The number of oxazole rings is 1. The summed E-state index contributed by atoms with van der Waals surface area (Å²) in [7, 11) is 0. The van der Waals surface area contributed by atoms with E-state index < -0.39 is 29.5 Å². The molecule has 0 saturated carbocycles. The average molecular weight is 273 g/mol. The Hall–Kier alpha value is -2.51. The van der Waals surface area contributed by atoms with Crippen molar-refractivity contribution in [2.75, 3.05) is 0 Å². The maximum Gasteiger partial charge on any atom is 0.468 e. The van der Waals surface area contributed by atoms with E-state index in [9.17, 15) is 23.1 Å². The second-order valence-electron chi connectivity index (χ2n) is 3.55. The lowest BCUT2D eigenvalue weighted by molar-refractivity contribution is -0.157. The second kappa shape index (κ2) is 4.30. The van der Waals surface area contributed by atoms with Gasteiger partial charge in [-0.1, -0.05) is 12.1 Å². The molecule has 0 unspecified atom stereocenters. The van der Waals surface area contributed by atoms with Crippen LogP contribution in [-0.4, -0.2) is 21.2 Å². The molecule has 2 rings (SSSR count). The Morgan fingerprint density at radius 2 is 2.00 bits per heavy atom. The number of carboxylic acid groups (broad SMARTS) is 1. The molecule has 0 bridgehead atoms. The normalized spacial score (nSPS) is 11.5. The number of aromatic nitrogens is 1. The largest absolute Gasteiger partial charge is 0.508 e. The molecule has 1 heterocycles. The SMILES string of the molecule is O=C(O)c1oc(C(F)(F)F)nc1-c1cccc(O)c1. The van der Waals surface area contributed by atoms with Gasteiger partial charge in [-0.25, -0.2) is 9.78 Å². The van der Waals surface area contributed by atoms with Crippen LogP contribution in [0.1, 0.15) is 16.4 Å².